The van der Waals surface area contributed by atoms with E-state index in [9.17, 15) is 19.4 Å². The number of rotatable bonds is 61. The Kier molecular flexibility index (Phi) is 58.0. The summed E-state index contributed by atoms with van der Waals surface area (Å²) in [5.74, 6) is -0.214. The summed E-state index contributed by atoms with van der Waals surface area (Å²) in [6.45, 7) is 4.64. The number of likely N-dealkylation sites (N-methyl/N-ethyl adjacent to an activating group) is 1. The average molecular weight is 1110 g/mol. The summed E-state index contributed by atoms with van der Waals surface area (Å²) in [7, 11) is 1.23. The smallest absolute Gasteiger partial charge is 0.268 e. The van der Waals surface area contributed by atoms with Gasteiger partial charge >= 0.3 is 0 Å². The van der Waals surface area contributed by atoms with Crippen LogP contribution >= 0.6 is 7.82 Å². The fraction of sp³-hybridized carbons (Fsp3) is 0.812. The van der Waals surface area contributed by atoms with Crippen LogP contribution in [-0.2, 0) is 18.4 Å². The van der Waals surface area contributed by atoms with E-state index < -0.39 is 26.6 Å². The van der Waals surface area contributed by atoms with Crippen molar-refractivity contribution in [2.75, 3.05) is 40.9 Å². The number of aliphatic hydroxyl groups is 1. The Morgan fingerprint density at radius 1 is 0.449 bits per heavy atom. The summed E-state index contributed by atoms with van der Waals surface area (Å²) in [5.41, 5.74) is 0. The molecule has 9 heteroatoms. The number of allylic oxidation sites excluding steroid dienone is 11. The van der Waals surface area contributed by atoms with E-state index in [-0.39, 0.29) is 12.5 Å². The largest absolute Gasteiger partial charge is 0.756 e. The number of phosphoric acid groups is 1. The summed E-state index contributed by atoms with van der Waals surface area (Å²) in [6, 6.07) is -0.917. The van der Waals surface area contributed by atoms with Gasteiger partial charge in [0, 0.05) is 6.42 Å². The Morgan fingerprint density at radius 3 is 1.13 bits per heavy atom. The van der Waals surface area contributed by atoms with Crippen molar-refractivity contribution in [3.8, 4) is 0 Å². The number of carbonyl (C=O) groups excluding carboxylic acids is 1. The highest BCUT2D eigenvalue weighted by Crippen LogP contribution is 2.38. The van der Waals surface area contributed by atoms with E-state index in [0.717, 1.165) is 57.8 Å². The van der Waals surface area contributed by atoms with Crippen molar-refractivity contribution in [1.29, 1.82) is 0 Å². The van der Waals surface area contributed by atoms with Gasteiger partial charge in [-0.15, -0.1) is 0 Å². The van der Waals surface area contributed by atoms with Gasteiger partial charge in [-0.2, -0.15) is 0 Å². The van der Waals surface area contributed by atoms with Crippen LogP contribution in [0.1, 0.15) is 309 Å². The quantitative estimate of drug-likeness (QED) is 0.0272. The molecule has 78 heavy (non-hydrogen) atoms. The van der Waals surface area contributed by atoms with Crippen LogP contribution in [0, 0.1) is 0 Å². The minimum absolute atomic E-state index is 0.0123. The van der Waals surface area contributed by atoms with E-state index in [0.29, 0.717) is 17.4 Å². The molecule has 0 rings (SSSR count). The summed E-state index contributed by atoms with van der Waals surface area (Å²) < 4.78 is 23.4. The van der Waals surface area contributed by atoms with Crippen LogP contribution in [0.5, 0.6) is 0 Å². The second kappa shape index (κ2) is 59.6. The first-order valence-electron chi connectivity index (χ1n) is 33.3. The molecular formula is C69H129N2O6P. The highest BCUT2D eigenvalue weighted by atomic mass is 31.2. The van der Waals surface area contributed by atoms with Crippen LogP contribution in [0.2, 0.25) is 0 Å². The Hall–Kier alpha value is -2.06. The SMILES string of the molecule is CCCCCCC/C=C\C/C=C\C/C=C\CCCCCCCCCCCCC(=O)NC(COP(=O)([O-])OCC[N+](C)(C)C)C(O)/C=C/CC/C=C/CC/C=C/CCCCCCCCCCCCCCCCCCCCCCC. The van der Waals surface area contributed by atoms with Crippen molar-refractivity contribution in [1.82, 2.24) is 5.32 Å². The molecule has 3 atom stereocenters. The van der Waals surface area contributed by atoms with Gasteiger partial charge in [0.15, 0.2) is 0 Å². The van der Waals surface area contributed by atoms with E-state index in [1.54, 1.807) is 6.08 Å². The van der Waals surface area contributed by atoms with Gasteiger partial charge in [0.25, 0.3) is 7.82 Å². The number of carbonyl (C=O) groups is 1. The molecule has 0 saturated heterocycles. The molecule has 0 fully saturated rings. The zero-order valence-corrected chi connectivity index (χ0v) is 53.0. The van der Waals surface area contributed by atoms with Gasteiger partial charge in [-0.1, -0.05) is 292 Å². The lowest BCUT2D eigenvalue weighted by molar-refractivity contribution is -0.870. The summed E-state index contributed by atoms with van der Waals surface area (Å²) in [5, 5.41) is 13.9. The summed E-state index contributed by atoms with van der Waals surface area (Å²) in [6.07, 6.45) is 83.0. The second-order valence-electron chi connectivity index (χ2n) is 23.8. The lowest BCUT2D eigenvalue weighted by Gasteiger charge is -2.29. The first-order valence-corrected chi connectivity index (χ1v) is 34.8. The average Bonchev–Trinajstić information content (AvgIpc) is 3.41. The molecule has 0 aliphatic heterocycles. The number of hydrogen-bond acceptors (Lipinski definition) is 6. The van der Waals surface area contributed by atoms with Crippen LogP contribution in [0.25, 0.3) is 0 Å². The van der Waals surface area contributed by atoms with Crippen molar-refractivity contribution < 1.29 is 32.9 Å². The zero-order chi connectivity index (χ0) is 57.0. The van der Waals surface area contributed by atoms with E-state index in [2.05, 4.69) is 79.9 Å². The molecule has 456 valence electrons. The van der Waals surface area contributed by atoms with Gasteiger partial charge in [-0.3, -0.25) is 9.36 Å². The van der Waals surface area contributed by atoms with Crippen LogP contribution in [-0.4, -0.2) is 68.5 Å². The summed E-state index contributed by atoms with van der Waals surface area (Å²) >= 11 is 0. The van der Waals surface area contributed by atoms with Crippen molar-refractivity contribution in [2.45, 2.75) is 321 Å². The molecule has 0 heterocycles. The maximum atomic E-state index is 13.0. The first-order chi connectivity index (χ1) is 38.0. The van der Waals surface area contributed by atoms with Crippen molar-refractivity contribution in [2.24, 2.45) is 0 Å². The number of amides is 1. The third-order valence-corrected chi connectivity index (χ3v) is 15.8. The number of unbranched alkanes of at least 4 members (excludes halogenated alkanes) is 38. The lowest BCUT2D eigenvalue weighted by atomic mass is 10.0. The molecule has 0 saturated carbocycles. The van der Waals surface area contributed by atoms with Crippen LogP contribution in [0.3, 0.4) is 0 Å². The lowest BCUT2D eigenvalue weighted by Crippen LogP contribution is -2.45. The molecule has 0 spiro atoms. The van der Waals surface area contributed by atoms with E-state index >= 15 is 0 Å². The first kappa shape index (κ1) is 75.9. The van der Waals surface area contributed by atoms with Gasteiger partial charge in [0.2, 0.25) is 5.91 Å². The number of aliphatic hydroxyl groups excluding tert-OH is 1. The third kappa shape index (κ3) is 61.6. The predicted molar refractivity (Wildman–Crippen MR) is 339 cm³/mol. The van der Waals surface area contributed by atoms with E-state index in [4.69, 9.17) is 9.05 Å². The molecule has 0 aromatic rings. The fourth-order valence-electron chi connectivity index (χ4n) is 9.67. The molecule has 2 N–H and O–H groups in total. The number of nitrogens with zero attached hydrogens (tertiary/aromatic N) is 1. The molecule has 8 nitrogen and oxygen atoms in total. The van der Waals surface area contributed by atoms with Gasteiger partial charge in [-0.25, -0.2) is 0 Å². The van der Waals surface area contributed by atoms with Gasteiger partial charge < -0.3 is 28.8 Å². The van der Waals surface area contributed by atoms with E-state index in [1.165, 1.54) is 231 Å². The van der Waals surface area contributed by atoms with Crippen molar-refractivity contribution >= 4 is 13.7 Å². The van der Waals surface area contributed by atoms with Crippen LogP contribution < -0.4 is 10.2 Å². The third-order valence-electron chi connectivity index (χ3n) is 14.9. The minimum Gasteiger partial charge on any atom is -0.756 e. The topological polar surface area (TPSA) is 108 Å². The molecule has 1 amide bonds. The monoisotopic (exact) mass is 1110 g/mol. The molecular weight excluding hydrogens is 984 g/mol. The van der Waals surface area contributed by atoms with Gasteiger partial charge in [0.05, 0.1) is 39.9 Å². The molecule has 0 radical (unpaired) electrons. The number of phosphoric ester groups is 1. The Bertz CT molecular complexity index is 1500. The normalized spacial score (nSPS) is 14.2. The molecule has 0 aromatic carbocycles. The van der Waals surface area contributed by atoms with Gasteiger partial charge in [-0.05, 0) is 83.5 Å². The summed E-state index contributed by atoms with van der Waals surface area (Å²) in [4.78, 5) is 25.6. The standard InChI is InChI=1S/C69H129N2O6P/c1-6-8-10-12-14-16-18-20-22-24-26-28-30-32-33-34-35-36-37-39-40-42-44-46-48-50-52-54-56-58-60-62-68(72)67(66-77-78(74,75)76-65-64-71(3,4)5)70-69(73)63-61-59-57-55-53-51-49-47-45-43-41-38-31-29-27-25-23-21-19-17-15-13-11-9-7-2/h19,21,25,27,31,38,44,46,52,54,60,62,67-68,72H,6-18,20,22-24,26,28-30,32-37,39-43,45,47-51,53,55-59,61,63-66H2,1-5H3,(H-,70,73,74,75)/b21-19-,27-25-,38-31-,46-44+,54-52+,62-60+. The highest BCUT2D eigenvalue weighted by Gasteiger charge is 2.23. The molecule has 0 aliphatic carbocycles. The zero-order valence-electron chi connectivity index (χ0n) is 52.1. The van der Waals surface area contributed by atoms with E-state index in [1.807, 2.05) is 27.2 Å². The number of quaternary nitrogens is 1. The maximum absolute atomic E-state index is 13.0. The Morgan fingerprint density at radius 2 is 0.756 bits per heavy atom. The molecule has 0 aliphatic rings. The van der Waals surface area contributed by atoms with Crippen LogP contribution in [0.15, 0.2) is 72.9 Å². The predicted octanol–water partition coefficient (Wildman–Crippen LogP) is 20.4. The minimum atomic E-state index is -4.62. The maximum Gasteiger partial charge on any atom is 0.268 e. The van der Waals surface area contributed by atoms with Crippen molar-refractivity contribution in [3.05, 3.63) is 72.9 Å². The molecule has 0 bridgehead atoms. The Balaban J connectivity index is 4.19. The number of hydrogen-bond donors (Lipinski definition) is 2. The van der Waals surface area contributed by atoms with Gasteiger partial charge in [0.1, 0.15) is 13.2 Å². The second-order valence-corrected chi connectivity index (χ2v) is 25.2. The molecule has 3 unspecified atom stereocenters. The number of nitrogens with one attached hydrogen (secondary N) is 1. The van der Waals surface area contributed by atoms with Crippen molar-refractivity contribution in [3.63, 3.8) is 0 Å². The van der Waals surface area contributed by atoms with Crippen LogP contribution in [0.4, 0.5) is 0 Å². The highest BCUT2D eigenvalue weighted by molar-refractivity contribution is 7.45. The molecule has 0 aromatic heterocycles. The fourth-order valence-corrected chi connectivity index (χ4v) is 10.4. The Labute approximate surface area is 484 Å².